The first-order valence-corrected chi connectivity index (χ1v) is 11.4. The van der Waals surface area contributed by atoms with E-state index in [0.717, 1.165) is 0 Å². The number of rotatable bonds is 5. The van der Waals surface area contributed by atoms with E-state index in [0.29, 0.717) is 38.6 Å². The highest BCUT2D eigenvalue weighted by Crippen LogP contribution is 2.33. The van der Waals surface area contributed by atoms with E-state index >= 15 is 0 Å². The Hall–Kier alpha value is -4.33. The van der Waals surface area contributed by atoms with Gasteiger partial charge in [0.1, 0.15) is 22.7 Å². The molecular formula is C28H27NO7. The molecule has 36 heavy (non-hydrogen) atoms. The lowest BCUT2D eigenvalue weighted by molar-refractivity contribution is -0.137. The van der Waals surface area contributed by atoms with Crippen LogP contribution < -0.4 is 20.4 Å². The van der Waals surface area contributed by atoms with E-state index in [-0.39, 0.29) is 5.75 Å². The molecule has 0 aliphatic heterocycles. The zero-order valence-electron chi connectivity index (χ0n) is 20.7. The zero-order valence-corrected chi connectivity index (χ0v) is 20.7. The number of fused-ring (bicyclic) bond motifs is 3. The van der Waals surface area contributed by atoms with Crippen LogP contribution in [0.2, 0.25) is 0 Å². The largest absolute Gasteiger partial charge is 0.497 e. The Morgan fingerprint density at radius 3 is 2.31 bits per heavy atom. The molecule has 0 aliphatic carbocycles. The van der Waals surface area contributed by atoms with Gasteiger partial charge in [0.05, 0.1) is 12.5 Å². The number of alkyl carbamates (subject to hydrolysis) is 1. The number of ether oxygens (including phenoxy) is 3. The van der Waals surface area contributed by atoms with Gasteiger partial charge in [-0.25, -0.2) is 14.4 Å². The van der Waals surface area contributed by atoms with Gasteiger partial charge in [-0.2, -0.15) is 0 Å². The molecule has 4 rings (SSSR count). The van der Waals surface area contributed by atoms with Crippen molar-refractivity contribution in [2.45, 2.75) is 39.3 Å². The minimum Gasteiger partial charge on any atom is -0.497 e. The molecule has 0 radical (unpaired) electrons. The van der Waals surface area contributed by atoms with Gasteiger partial charge in [-0.3, -0.25) is 0 Å². The van der Waals surface area contributed by atoms with Crippen molar-refractivity contribution in [3.05, 3.63) is 82.2 Å². The van der Waals surface area contributed by atoms with Crippen LogP contribution in [0.4, 0.5) is 4.79 Å². The van der Waals surface area contributed by atoms with E-state index in [9.17, 15) is 14.4 Å². The molecule has 8 nitrogen and oxygen atoms in total. The molecule has 8 heteroatoms. The second-order valence-corrected chi connectivity index (χ2v) is 9.28. The van der Waals surface area contributed by atoms with Crippen molar-refractivity contribution >= 4 is 33.8 Å². The Balaban J connectivity index is 1.70. The standard InChI is InChI=1S/C28H27NO7/c1-16-22(14-13-20-19-12-11-18(33-5)15-21(19)25(30)35-24(16)20)34-26(31)23(17-9-7-6-8-10-17)29-27(32)36-28(2,3)4/h6-15,23H,1-5H3,(H,29,32). The third-order valence-corrected chi connectivity index (χ3v) is 5.53. The fraction of sp³-hybridized carbons (Fsp3) is 0.250. The molecule has 0 saturated heterocycles. The van der Waals surface area contributed by atoms with Crippen LogP contribution in [-0.2, 0) is 9.53 Å². The molecule has 1 N–H and O–H groups in total. The highest BCUT2D eigenvalue weighted by molar-refractivity contribution is 6.06. The molecule has 0 spiro atoms. The van der Waals surface area contributed by atoms with Gasteiger partial charge in [-0.15, -0.1) is 0 Å². The van der Waals surface area contributed by atoms with Gasteiger partial charge in [0.2, 0.25) is 0 Å². The van der Waals surface area contributed by atoms with Crippen molar-refractivity contribution in [3.8, 4) is 11.5 Å². The SMILES string of the molecule is COc1ccc2c(c1)c(=O)oc1c(C)c(OC(=O)C(NC(=O)OC(C)(C)C)c3ccccc3)ccc12. The molecule has 0 fully saturated rings. The van der Waals surface area contributed by atoms with Crippen LogP contribution in [0.5, 0.6) is 11.5 Å². The molecule has 0 bridgehead atoms. The lowest BCUT2D eigenvalue weighted by Gasteiger charge is -2.23. The summed E-state index contributed by atoms with van der Waals surface area (Å²) in [6.45, 7) is 6.89. The van der Waals surface area contributed by atoms with Gasteiger partial charge in [0, 0.05) is 16.3 Å². The molecule has 1 amide bonds. The normalized spacial score (nSPS) is 12.2. The number of hydrogen-bond donors (Lipinski definition) is 1. The second kappa shape index (κ2) is 9.73. The quantitative estimate of drug-likeness (QED) is 0.172. The van der Waals surface area contributed by atoms with Crippen molar-refractivity contribution in [2.75, 3.05) is 7.11 Å². The predicted molar refractivity (Wildman–Crippen MR) is 135 cm³/mol. The smallest absolute Gasteiger partial charge is 0.408 e. The van der Waals surface area contributed by atoms with E-state index in [1.807, 2.05) is 0 Å². The first-order chi connectivity index (χ1) is 17.1. The molecular weight excluding hydrogens is 462 g/mol. The summed E-state index contributed by atoms with van der Waals surface area (Å²) in [5.74, 6) is 0.0266. The number of carbonyl (C=O) groups is 2. The van der Waals surface area contributed by atoms with Crippen molar-refractivity contribution < 1.29 is 28.2 Å². The molecule has 1 aromatic heterocycles. The van der Waals surface area contributed by atoms with Crippen molar-refractivity contribution in [1.29, 1.82) is 0 Å². The Kier molecular flexibility index (Phi) is 6.70. The molecule has 0 aliphatic rings. The van der Waals surface area contributed by atoms with Gasteiger partial charge in [-0.1, -0.05) is 30.3 Å². The molecule has 1 atom stereocenters. The van der Waals surface area contributed by atoms with Gasteiger partial charge in [-0.05, 0) is 63.6 Å². The molecule has 1 heterocycles. The summed E-state index contributed by atoms with van der Waals surface area (Å²) in [4.78, 5) is 38.4. The third-order valence-electron chi connectivity index (χ3n) is 5.53. The van der Waals surface area contributed by atoms with Crippen molar-refractivity contribution in [3.63, 3.8) is 0 Å². The van der Waals surface area contributed by atoms with Crippen molar-refractivity contribution in [2.24, 2.45) is 0 Å². The minimum absolute atomic E-state index is 0.204. The lowest BCUT2D eigenvalue weighted by Crippen LogP contribution is -2.39. The number of carbonyl (C=O) groups excluding carboxylic acids is 2. The number of methoxy groups -OCH3 is 1. The van der Waals surface area contributed by atoms with E-state index in [1.165, 1.54) is 7.11 Å². The number of nitrogens with one attached hydrogen (secondary N) is 1. The predicted octanol–water partition coefficient (Wildman–Crippen LogP) is 5.43. The average molecular weight is 490 g/mol. The van der Waals surface area contributed by atoms with E-state index in [2.05, 4.69) is 5.32 Å². The summed E-state index contributed by atoms with van der Waals surface area (Å²) in [6, 6.07) is 16.1. The van der Waals surface area contributed by atoms with Crippen LogP contribution in [0.15, 0.2) is 69.9 Å². The van der Waals surface area contributed by atoms with Crippen LogP contribution in [0, 0.1) is 6.92 Å². The average Bonchev–Trinajstić information content (AvgIpc) is 2.84. The number of benzene rings is 3. The number of aryl methyl sites for hydroxylation is 1. The zero-order chi connectivity index (χ0) is 26.0. The van der Waals surface area contributed by atoms with Crippen LogP contribution in [0.3, 0.4) is 0 Å². The highest BCUT2D eigenvalue weighted by Gasteiger charge is 2.28. The summed E-state index contributed by atoms with van der Waals surface area (Å²) >= 11 is 0. The third kappa shape index (κ3) is 5.17. The first kappa shape index (κ1) is 24.8. The summed E-state index contributed by atoms with van der Waals surface area (Å²) < 4.78 is 21.8. The van der Waals surface area contributed by atoms with E-state index in [4.69, 9.17) is 18.6 Å². The summed E-state index contributed by atoms with van der Waals surface area (Å²) in [5, 5.41) is 4.36. The Morgan fingerprint density at radius 2 is 1.64 bits per heavy atom. The molecule has 4 aromatic rings. The summed E-state index contributed by atoms with van der Waals surface area (Å²) in [5.41, 5.74) is 0.0307. The second-order valence-electron chi connectivity index (χ2n) is 9.28. The number of amides is 1. The van der Waals surface area contributed by atoms with Crippen LogP contribution in [-0.4, -0.2) is 24.8 Å². The summed E-state index contributed by atoms with van der Waals surface area (Å²) in [6.07, 6.45) is -0.753. The van der Waals surface area contributed by atoms with Gasteiger partial charge in [0.25, 0.3) is 0 Å². The maximum atomic E-state index is 13.3. The fourth-order valence-corrected chi connectivity index (χ4v) is 3.85. The van der Waals surface area contributed by atoms with Crippen molar-refractivity contribution in [1.82, 2.24) is 5.32 Å². The van der Waals surface area contributed by atoms with Crippen LogP contribution >= 0.6 is 0 Å². The lowest BCUT2D eigenvalue weighted by atomic mass is 10.0. The molecule has 186 valence electrons. The molecule has 1 unspecified atom stereocenters. The van der Waals surface area contributed by atoms with E-state index < -0.39 is 29.3 Å². The molecule has 0 saturated carbocycles. The first-order valence-electron chi connectivity index (χ1n) is 11.4. The summed E-state index contributed by atoms with van der Waals surface area (Å²) in [7, 11) is 1.52. The maximum Gasteiger partial charge on any atom is 0.408 e. The van der Waals surface area contributed by atoms with Crippen LogP contribution in [0.25, 0.3) is 21.7 Å². The Bertz CT molecular complexity index is 1500. The van der Waals surface area contributed by atoms with Gasteiger partial charge >= 0.3 is 17.7 Å². The minimum atomic E-state index is -1.12. The molecule has 3 aromatic carbocycles. The topological polar surface area (TPSA) is 104 Å². The Labute approximate surface area is 207 Å². The highest BCUT2D eigenvalue weighted by atomic mass is 16.6. The monoisotopic (exact) mass is 489 g/mol. The fourth-order valence-electron chi connectivity index (χ4n) is 3.85. The van der Waals surface area contributed by atoms with E-state index in [1.54, 1.807) is 88.4 Å². The maximum absolute atomic E-state index is 13.3. The van der Waals surface area contributed by atoms with Crippen LogP contribution in [0.1, 0.15) is 37.9 Å². The number of hydrogen-bond acceptors (Lipinski definition) is 7. The Morgan fingerprint density at radius 1 is 0.944 bits per heavy atom. The van der Waals surface area contributed by atoms with Gasteiger partial charge in [0.15, 0.2) is 6.04 Å². The van der Waals surface area contributed by atoms with Gasteiger partial charge < -0.3 is 23.9 Å². The number of esters is 1.